The van der Waals surface area contributed by atoms with Crippen molar-refractivity contribution in [3.8, 4) is 0 Å². The summed E-state index contributed by atoms with van der Waals surface area (Å²) in [6.45, 7) is 3.82. The van der Waals surface area contributed by atoms with Crippen LogP contribution in [0.4, 0.5) is 0 Å². The zero-order valence-corrected chi connectivity index (χ0v) is 9.56. The summed E-state index contributed by atoms with van der Waals surface area (Å²) in [5.74, 6) is 0. The second-order valence-corrected chi connectivity index (χ2v) is 5.85. The fraction of sp³-hybridized carbons (Fsp3) is 1.00. The van der Waals surface area contributed by atoms with E-state index in [0.717, 1.165) is 6.42 Å². The van der Waals surface area contributed by atoms with Crippen LogP contribution < -0.4 is 0 Å². The summed E-state index contributed by atoms with van der Waals surface area (Å²) in [7, 11) is -0.382. The van der Waals surface area contributed by atoms with Crippen LogP contribution in [0.5, 0.6) is 0 Å². The van der Waals surface area contributed by atoms with Gasteiger partial charge in [0.05, 0.1) is 0 Å². The minimum Gasteiger partial charge on any atom is -0.308 e. The van der Waals surface area contributed by atoms with Gasteiger partial charge in [0.2, 0.25) is 0 Å². The molecule has 0 aliphatic heterocycles. The van der Waals surface area contributed by atoms with Crippen LogP contribution in [0.3, 0.4) is 0 Å². The van der Waals surface area contributed by atoms with E-state index in [4.69, 9.17) is 4.55 Å². The van der Waals surface area contributed by atoms with Gasteiger partial charge >= 0.3 is 0 Å². The van der Waals surface area contributed by atoms with Crippen molar-refractivity contribution in [1.82, 2.24) is 4.90 Å². The first-order chi connectivity index (χ1) is 5.73. The zero-order chi connectivity index (χ0) is 10.7. The summed E-state index contributed by atoms with van der Waals surface area (Å²) >= 11 is 0. The van der Waals surface area contributed by atoms with E-state index in [1.807, 2.05) is 6.92 Å². The third-order valence-electron chi connectivity index (χ3n) is 2.05. The summed E-state index contributed by atoms with van der Waals surface area (Å²) in [6.07, 6.45) is 1.22. The first-order valence-electron chi connectivity index (χ1n) is 4.34. The van der Waals surface area contributed by atoms with Crippen LogP contribution in [0.15, 0.2) is 0 Å². The average molecular weight is 209 g/mol. The summed E-state index contributed by atoms with van der Waals surface area (Å²) in [4.78, 5) is 1.77. The lowest BCUT2D eigenvalue weighted by Crippen LogP contribution is -2.44. The van der Waals surface area contributed by atoms with Gasteiger partial charge in [-0.1, -0.05) is 13.3 Å². The van der Waals surface area contributed by atoms with Crippen LogP contribution >= 0.6 is 0 Å². The van der Waals surface area contributed by atoms with Gasteiger partial charge in [-0.05, 0) is 27.4 Å². The Morgan fingerprint density at radius 1 is 1.38 bits per heavy atom. The molecule has 0 aromatic heterocycles. The average Bonchev–Trinajstić information content (AvgIpc) is 1.82. The van der Waals surface area contributed by atoms with E-state index in [1.54, 1.807) is 25.9 Å². The van der Waals surface area contributed by atoms with Gasteiger partial charge in [0.25, 0.3) is 10.1 Å². The highest BCUT2D eigenvalue weighted by molar-refractivity contribution is 7.87. The molecule has 0 amide bonds. The van der Waals surface area contributed by atoms with Crippen molar-refractivity contribution in [3.63, 3.8) is 0 Å². The second-order valence-electron chi connectivity index (χ2n) is 3.91. The van der Waals surface area contributed by atoms with Crippen molar-refractivity contribution in [2.45, 2.75) is 31.4 Å². The molecule has 0 rings (SSSR count). The maximum absolute atomic E-state index is 11.1. The Morgan fingerprint density at radius 2 is 1.85 bits per heavy atom. The van der Waals surface area contributed by atoms with Gasteiger partial charge in [0.15, 0.2) is 0 Å². The largest absolute Gasteiger partial charge is 0.308 e. The second kappa shape index (κ2) is 4.39. The lowest BCUT2D eigenvalue weighted by Gasteiger charge is -2.28. The fourth-order valence-electron chi connectivity index (χ4n) is 1.49. The maximum Gasteiger partial charge on any atom is 0.271 e. The van der Waals surface area contributed by atoms with Crippen molar-refractivity contribution < 1.29 is 13.0 Å². The first kappa shape index (κ1) is 12.9. The van der Waals surface area contributed by atoms with Gasteiger partial charge in [-0.25, -0.2) is 0 Å². The van der Waals surface area contributed by atoms with Crippen LogP contribution in [-0.2, 0) is 10.1 Å². The van der Waals surface area contributed by atoms with Crippen molar-refractivity contribution >= 4 is 10.1 Å². The molecule has 0 fully saturated rings. The molecule has 80 valence electrons. The third kappa shape index (κ3) is 3.62. The molecule has 4 nitrogen and oxygen atoms in total. The number of nitrogens with zero attached hydrogens (tertiary/aromatic N) is 1. The molecule has 0 bridgehead atoms. The van der Waals surface area contributed by atoms with Crippen molar-refractivity contribution in [2.75, 3.05) is 20.6 Å². The molecular formula is C8H19NO3S. The van der Waals surface area contributed by atoms with Crippen molar-refractivity contribution in [2.24, 2.45) is 0 Å². The van der Waals surface area contributed by atoms with E-state index in [2.05, 4.69) is 0 Å². The molecule has 0 aliphatic carbocycles. The molecule has 5 heteroatoms. The summed E-state index contributed by atoms with van der Waals surface area (Å²) in [5, 5.41) is 0. The van der Waals surface area contributed by atoms with Gasteiger partial charge in [-0.2, -0.15) is 8.42 Å². The van der Waals surface area contributed by atoms with Gasteiger partial charge in [0, 0.05) is 6.54 Å². The Hall–Kier alpha value is -0.130. The molecule has 0 spiro atoms. The highest BCUT2D eigenvalue weighted by Gasteiger charge is 2.37. The summed E-state index contributed by atoms with van der Waals surface area (Å²) < 4.78 is 30.2. The fourth-order valence-corrected chi connectivity index (χ4v) is 2.37. The maximum atomic E-state index is 11.1. The predicted octanol–water partition coefficient (Wildman–Crippen LogP) is 0.995. The molecule has 13 heavy (non-hydrogen) atoms. The minimum atomic E-state index is -3.96. The van der Waals surface area contributed by atoms with Crippen molar-refractivity contribution in [1.29, 1.82) is 0 Å². The third-order valence-corrected chi connectivity index (χ3v) is 3.63. The molecule has 0 aliphatic rings. The van der Waals surface area contributed by atoms with E-state index in [9.17, 15) is 8.42 Å². The van der Waals surface area contributed by atoms with Crippen LogP contribution in [0.1, 0.15) is 26.7 Å². The Labute approximate surface area is 80.7 Å². The van der Waals surface area contributed by atoms with Crippen LogP contribution in [0, 0.1) is 0 Å². The molecule has 0 aromatic carbocycles. The lowest BCUT2D eigenvalue weighted by atomic mass is 10.1. The molecule has 0 aromatic rings. The molecule has 1 atom stereocenters. The molecular weight excluding hydrogens is 190 g/mol. The lowest BCUT2D eigenvalue weighted by molar-refractivity contribution is 0.318. The molecule has 0 heterocycles. The van der Waals surface area contributed by atoms with Gasteiger partial charge < -0.3 is 4.90 Å². The van der Waals surface area contributed by atoms with Crippen LogP contribution in [-0.4, -0.2) is 43.3 Å². The molecule has 0 radical (unpaired) electrons. The van der Waals surface area contributed by atoms with Crippen LogP contribution in [0.2, 0.25) is 0 Å². The smallest absolute Gasteiger partial charge is 0.271 e. The SMILES string of the molecule is CCCC(C)(CN(C)C)S(=O)(=O)O. The van der Waals surface area contributed by atoms with Crippen molar-refractivity contribution in [3.05, 3.63) is 0 Å². The highest BCUT2D eigenvalue weighted by Crippen LogP contribution is 2.22. The van der Waals surface area contributed by atoms with E-state index in [0.29, 0.717) is 13.0 Å². The predicted molar refractivity (Wildman–Crippen MR) is 53.4 cm³/mol. The topological polar surface area (TPSA) is 57.6 Å². The van der Waals surface area contributed by atoms with Gasteiger partial charge in [-0.15, -0.1) is 0 Å². The minimum absolute atomic E-state index is 0.347. The monoisotopic (exact) mass is 209 g/mol. The Bertz CT molecular complexity index is 248. The molecule has 0 saturated heterocycles. The molecule has 1 unspecified atom stereocenters. The standard InChI is InChI=1S/C8H19NO3S/c1-5-6-8(2,7-9(3)4)13(10,11)12/h5-7H2,1-4H3,(H,10,11,12). The van der Waals surface area contributed by atoms with E-state index >= 15 is 0 Å². The van der Waals surface area contributed by atoms with Gasteiger partial charge in [-0.3, -0.25) is 4.55 Å². The molecule has 0 saturated carbocycles. The van der Waals surface area contributed by atoms with E-state index in [1.165, 1.54) is 0 Å². The normalized spacial score (nSPS) is 17.4. The number of rotatable bonds is 5. The Balaban J connectivity index is 4.74. The Kier molecular flexibility index (Phi) is 4.35. The number of hydrogen-bond donors (Lipinski definition) is 1. The quantitative estimate of drug-likeness (QED) is 0.686. The Morgan fingerprint density at radius 3 is 2.08 bits per heavy atom. The molecule has 1 N–H and O–H groups in total. The number of hydrogen-bond acceptors (Lipinski definition) is 3. The zero-order valence-electron chi connectivity index (χ0n) is 8.74. The summed E-state index contributed by atoms with van der Waals surface area (Å²) in [5.41, 5.74) is 0. The first-order valence-corrected chi connectivity index (χ1v) is 5.78. The summed E-state index contributed by atoms with van der Waals surface area (Å²) in [6, 6.07) is 0. The van der Waals surface area contributed by atoms with Gasteiger partial charge in [0.1, 0.15) is 4.75 Å². The van der Waals surface area contributed by atoms with E-state index < -0.39 is 14.9 Å². The van der Waals surface area contributed by atoms with E-state index in [-0.39, 0.29) is 0 Å². The van der Waals surface area contributed by atoms with Crippen LogP contribution in [0.25, 0.3) is 0 Å². The highest BCUT2D eigenvalue weighted by atomic mass is 32.2.